The van der Waals surface area contributed by atoms with Crippen molar-refractivity contribution in [2.24, 2.45) is 5.92 Å². The van der Waals surface area contributed by atoms with Crippen LogP contribution in [0.3, 0.4) is 0 Å². The van der Waals surface area contributed by atoms with E-state index >= 15 is 0 Å². The lowest BCUT2D eigenvalue weighted by Gasteiger charge is -2.22. The number of hydrogen-bond donors (Lipinski definition) is 1. The number of carbonyl (C=O) groups is 2. The van der Waals surface area contributed by atoms with Crippen LogP contribution >= 0.6 is 0 Å². The second-order valence-electron chi connectivity index (χ2n) is 6.40. The highest BCUT2D eigenvalue weighted by molar-refractivity contribution is 5.80. The van der Waals surface area contributed by atoms with E-state index in [1.165, 1.54) is 0 Å². The van der Waals surface area contributed by atoms with Gasteiger partial charge in [-0.05, 0) is 11.6 Å². The molecule has 1 fully saturated rings. The Balaban J connectivity index is 1.66. The Kier molecular flexibility index (Phi) is 5.50. The molecule has 0 spiro atoms. The van der Waals surface area contributed by atoms with Crippen LogP contribution in [0.25, 0.3) is 0 Å². The normalized spacial score (nSPS) is 18.7. The summed E-state index contributed by atoms with van der Waals surface area (Å²) in [6.45, 7) is 2.49. The van der Waals surface area contributed by atoms with Crippen LogP contribution in [0.15, 0.2) is 53.3 Å². The average molecular weight is 342 g/mol. The number of amides is 1. The molecular weight excluding hydrogens is 320 g/mol. The molecule has 1 aromatic heterocycles. The van der Waals surface area contributed by atoms with Crippen molar-refractivity contribution in [3.05, 3.63) is 60.1 Å². The fraction of sp³-hybridized carbons (Fsp3) is 0.368. The molecule has 2 heterocycles. The fourth-order valence-electron chi connectivity index (χ4n) is 3.13. The number of carbonyl (C=O) groups excluding carboxylic acids is 1. The standard InChI is InChI=1S/C19H22N2O4/c22-18(10-15-4-2-1-3-5-15)21-8-7-20(11-16-6-9-25-14-16)12-17(13-21)19(23)24/h1-6,9,14,17H,7-8,10-13H2,(H,23,24)/t17-/m1/s1. The maximum Gasteiger partial charge on any atom is 0.309 e. The summed E-state index contributed by atoms with van der Waals surface area (Å²) in [6.07, 6.45) is 3.57. The Labute approximate surface area is 146 Å². The van der Waals surface area contributed by atoms with E-state index in [2.05, 4.69) is 4.90 Å². The third-order valence-electron chi connectivity index (χ3n) is 4.49. The van der Waals surface area contributed by atoms with Gasteiger partial charge in [0.1, 0.15) is 0 Å². The van der Waals surface area contributed by atoms with E-state index in [1.54, 1.807) is 17.4 Å². The van der Waals surface area contributed by atoms with Gasteiger partial charge in [0.15, 0.2) is 0 Å². The first-order valence-electron chi connectivity index (χ1n) is 8.40. The van der Waals surface area contributed by atoms with Crippen molar-refractivity contribution < 1.29 is 19.1 Å². The van der Waals surface area contributed by atoms with Crippen molar-refractivity contribution in [2.45, 2.75) is 13.0 Å². The highest BCUT2D eigenvalue weighted by Crippen LogP contribution is 2.15. The number of rotatable bonds is 5. The zero-order valence-corrected chi connectivity index (χ0v) is 14.0. The van der Waals surface area contributed by atoms with Gasteiger partial charge in [-0.2, -0.15) is 0 Å². The second-order valence-corrected chi connectivity index (χ2v) is 6.40. The quantitative estimate of drug-likeness (QED) is 0.898. The molecule has 1 aliphatic rings. The predicted octanol–water partition coefficient (Wildman–Crippen LogP) is 1.87. The van der Waals surface area contributed by atoms with E-state index in [4.69, 9.17) is 4.42 Å². The molecule has 1 atom stereocenters. The monoisotopic (exact) mass is 342 g/mol. The molecule has 25 heavy (non-hydrogen) atoms. The molecule has 1 saturated heterocycles. The van der Waals surface area contributed by atoms with E-state index < -0.39 is 11.9 Å². The molecule has 3 rings (SSSR count). The lowest BCUT2D eigenvalue weighted by atomic mass is 10.1. The number of hydrogen-bond acceptors (Lipinski definition) is 4. The molecule has 1 aromatic carbocycles. The van der Waals surface area contributed by atoms with E-state index in [9.17, 15) is 14.7 Å². The average Bonchev–Trinajstić information content (AvgIpc) is 3.01. The van der Waals surface area contributed by atoms with Gasteiger partial charge in [-0.25, -0.2) is 0 Å². The van der Waals surface area contributed by atoms with Gasteiger partial charge >= 0.3 is 5.97 Å². The van der Waals surface area contributed by atoms with Crippen LogP contribution in [0.5, 0.6) is 0 Å². The van der Waals surface area contributed by atoms with Crippen molar-refractivity contribution in [3.63, 3.8) is 0 Å². The minimum atomic E-state index is -0.864. The minimum absolute atomic E-state index is 0.0254. The molecule has 1 N–H and O–H groups in total. The van der Waals surface area contributed by atoms with E-state index in [-0.39, 0.29) is 12.5 Å². The van der Waals surface area contributed by atoms with Crippen molar-refractivity contribution in [3.8, 4) is 0 Å². The van der Waals surface area contributed by atoms with Crippen molar-refractivity contribution in [2.75, 3.05) is 26.2 Å². The molecule has 6 heteroatoms. The van der Waals surface area contributed by atoms with Crippen molar-refractivity contribution >= 4 is 11.9 Å². The number of furan rings is 1. The molecule has 132 valence electrons. The molecule has 0 bridgehead atoms. The van der Waals surface area contributed by atoms with Gasteiger partial charge < -0.3 is 14.4 Å². The van der Waals surface area contributed by atoms with Crippen LogP contribution in [0.1, 0.15) is 11.1 Å². The zero-order chi connectivity index (χ0) is 17.6. The summed E-state index contributed by atoms with van der Waals surface area (Å²) in [7, 11) is 0. The highest BCUT2D eigenvalue weighted by Gasteiger charge is 2.30. The second kappa shape index (κ2) is 7.98. The largest absolute Gasteiger partial charge is 0.481 e. The van der Waals surface area contributed by atoms with Gasteiger partial charge in [-0.1, -0.05) is 30.3 Å². The van der Waals surface area contributed by atoms with Crippen LogP contribution in [-0.4, -0.2) is 53.0 Å². The summed E-state index contributed by atoms with van der Waals surface area (Å²) in [5.41, 5.74) is 1.95. The van der Waals surface area contributed by atoms with E-state index in [0.717, 1.165) is 11.1 Å². The molecule has 6 nitrogen and oxygen atoms in total. The van der Waals surface area contributed by atoms with E-state index in [0.29, 0.717) is 32.6 Å². The van der Waals surface area contributed by atoms with Crippen molar-refractivity contribution in [1.29, 1.82) is 0 Å². The lowest BCUT2D eigenvalue weighted by molar-refractivity contribution is -0.143. The van der Waals surface area contributed by atoms with E-state index in [1.807, 2.05) is 36.4 Å². The third-order valence-corrected chi connectivity index (χ3v) is 4.49. The predicted molar refractivity (Wildman–Crippen MR) is 91.8 cm³/mol. The molecule has 1 aliphatic heterocycles. The summed E-state index contributed by atoms with van der Waals surface area (Å²) in [5.74, 6) is -1.48. The van der Waals surface area contributed by atoms with Gasteiger partial charge in [0.25, 0.3) is 0 Å². The summed E-state index contributed by atoms with van der Waals surface area (Å²) in [6, 6.07) is 11.4. The van der Waals surface area contributed by atoms with Crippen LogP contribution in [-0.2, 0) is 22.6 Å². The fourth-order valence-corrected chi connectivity index (χ4v) is 3.13. The van der Waals surface area contributed by atoms with Crippen LogP contribution in [0.2, 0.25) is 0 Å². The van der Waals surface area contributed by atoms with Crippen LogP contribution in [0, 0.1) is 5.92 Å². The molecular formula is C19H22N2O4. The Morgan fingerprint density at radius 1 is 1.08 bits per heavy atom. The van der Waals surface area contributed by atoms with Gasteiger partial charge in [0.2, 0.25) is 5.91 Å². The topological polar surface area (TPSA) is 74.0 Å². The Bertz CT molecular complexity index is 699. The highest BCUT2D eigenvalue weighted by atomic mass is 16.4. The number of benzene rings is 1. The van der Waals surface area contributed by atoms with Gasteiger partial charge in [-0.3, -0.25) is 14.5 Å². The molecule has 0 radical (unpaired) electrons. The minimum Gasteiger partial charge on any atom is -0.481 e. The SMILES string of the molecule is O=C(O)[C@@H]1CN(Cc2ccoc2)CCN(C(=O)Cc2ccccc2)C1. The van der Waals surface area contributed by atoms with Gasteiger partial charge in [0.05, 0.1) is 24.9 Å². The van der Waals surface area contributed by atoms with Crippen LogP contribution in [0.4, 0.5) is 0 Å². The summed E-state index contributed by atoms with van der Waals surface area (Å²) in [5, 5.41) is 9.51. The Morgan fingerprint density at radius 2 is 1.88 bits per heavy atom. The molecule has 0 unspecified atom stereocenters. The number of aliphatic carboxylic acids is 1. The number of carboxylic acids is 1. The first kappa shape index (κ1) is 17.2. The summed E-state index contributed by atoms with van der Waals surface area (Å²) in [4.78, 5) is 28.0. The smallest absolute Gasteiger partial charge is 0.309 e. The molecule has 1 amide bonds. The summed E-state index contributed by atoms with van der Waals surface area (Å²) >= 11 is 0. The van der Waals surface area contributed by atoms with Gasteiger partial charge in [0, 0.05) is 38.3 Å². The molecule has 2 aromatic rings. The first-order chi connectivity index (χ1) is 12.1. The number of carboxylic acid groups (broad SMARTS) is 1. The van der Waals surface area contributed by atoms with Gasteiger partial charge in [-0.15, -0.1) is 0 Å². The third kappa shape index (κ3) is 4.70. The zero-order valence-electron chi connectivity index (χ0n) is 14.0. The first-order valence-corrected chi connectivity index (χ1v) is 8.40. The lowest BCUT2D eigenvalue weighted by Crippen LogP contribution is -2.38. The van der Waals surface area contributed by atoms with Crippen molar-refractivity contribution in [1.82, 2.24) is 9.80 Å². The Morgan fingerprint density at radius 3 is 2.56 bits per heavy atom. The number of nitrogens with zero attached hydrogens (tertiary/aromatic N) is 2. The maximum atomic E-state index is 12.6. The summed E-state index contributed by atoms with van der Waals surface area (Å²) < 4.78 is 5.08. The maximum absolute atomic E-state index is 12.6. The molecule has 0 aliphatic carbocycles. The molecule has 0 saturated carbocycles. The van der Waals surface area contributed by atoms with Crippen LogP contribution < -0.4 is 0 Å². The Hall–Kier alpha value is -2.60.